The van der Waals surface area contributed by atoms with E-state index in [1.807, 2.05) is 12.1 Å². The van der Waals surface area contributed by atoms with Gasteiger partial charge in [0.2, 0.25) is 0 Å². The smallest absolute Gasteiger partial charge is 0.118 e. The number of fused-ring (bicyclic) bond motifs is 1. The van der Waals surface area contributed by atoms with Crippen LogP contribution in [0.1, 0.15) is 50.5 Å². The summed E-state index contributed by atoms with van der Waals surface area (Å²) in [7, 11) is 1.70. The van der Waals surface area contributed by atoms with Gasteiger partial charge in [0.1, 0.15) is 5.75 Å². The van der Waals surface area contributed by atoms with Gasteiger partial charge in [-0.3, -0.25) is 0 Å². The summed E-state index contributed by atoms with van der Waals surface area (Å²) in [5.74, 6) is 2.05. The Labute approximate surface area is 122 Å². The molecule has 2 saturated carbocycles. The second-order valence-electron chi connectivity index (χ2n) is 6.54. The van der Waals surface area contributed by atoms with Gasteiger partial charge in [-0.05, 0) is 55.2 Å². The molecular formula is C18H26O2. The molecule has 0 heterocycles. The summed E-state index contributed by atoms with van der Waals surface area (Å²) in [6.45, 7) is 0. The normalized spacial score (nSPS) is 32.9. The molecule has 2 aliphatic rings. The summed E-state index contributed by atoms with van der Waals surface area (Å²) >= 11 is 0. The third-order valence-corrected chi connectivity index (χ3v) is 5.41. The van der Waals surface area contributed by atoms with Crippen LogP contribution in [0.2, 0.25) is 0 Å². The minimum absolute atomic E-state index is 0.313. The predicted molar refractivity (Wildman–Crippen MR) is 80.9 cm³/mol. The molecule has 0 radical (unpaired) electrons. The highest BCUT2D eigenvalue weighted by Crippen LogP contribution is 2.59. The molecule has 20 heavy (non-hydrogen) atoms. The fourth-order valence-corrected chi connectivity index (χ4v) is 4.10. The quantitative estimate of drug-likeness (QED) is 0.900. The minimum atomic E-state index is -0.313. The van der Waals surface area contributed by atoms with E-state index < -0.39 is 0 Å². The summed E-state index contributed by atoms with van der Waals surface area (Å²) in [5.41, 5.74) is 1.04. The van der Waals surface area contributed by atoms with Gasteiger partial charge in [-0.2, -0.15) is 0 Å². The Bertz CT molecular complexity index is 439. The Morgan fingerprint density at radius 2 is 1.90 bits per heavy atom. The molecule has 1 aromatic carbocycles. The number of ether oxygens (including phenoxy) is 1. The lowest BCUT2D eigenvalue weighted by Gasteiger charge is -2.14. The SMILES string of the molecule is COc1ccc(CCC2C3CCCCCCC32O)cc1. The first kappa shape index (κ1) is 13.9. The molecule has 0 amide bonds. The third-order valence-electron chi connectivity index (χ3n) is 5.41. The Hall–Kier alpha value is -1.02. The van der Waals surface area contributed by atoms with Gasteiger partial charge >= 0.3 is 0 Å². The van der Waals surface area contributed by atoms with Crippen LogP contribution in [0.3, 0.4) is 0 Å². The van der Waals surface area contributed by atoms with Crippen LogP contribution < -0.4 is 4.74 Å². The lowest BCUT2D eigenvalue weighted by molar-refractivity contribution is 0.0979. The van der Waals surface area contributed by atoms with Gasteiger partial charge in [-0.1, -0.05) is 37.8 Å². The zero-order valence-corrected chi connectivity index (χ0v) is 12.5. The number of hydrogen-bond acceptors (Lipinski definition) is 2. The standard InChI is InChI=1S/C18H26O2/c1-20-15-10-7-14(8-11-15)9-12-17-16-6-4-2-3-5-13-18(16,17)19/h7-8,10-11,16-17,19H,2-6,9,12-13H2,1H3. The molecule has 3 rings (SSSR count). The monoisotopic (exact) mass is 274 g/mol. The fraction of sp³-hybridized carbons (Fsp3) is 0.667. The lowest BCUT2D eigenvalue weighted by atomic mass is 9.99. The number of rotatable bonds is 4. The molecule has 0 bridgehead atoms. The van der Waals surface area contributed by atoms with Crippen LogP contribution in [0.25, 0.3) is 0 Å². The molecule has 3 atom stereocenters. The number of methoxy groups -OCH3 is 1. The van der Waals surface area contributed by atoms with E-state index in [1.54, 1.807) is 7.11 Å². The van der Waals surface area contributed by atoms with Crippen molar-refractivity contribution in [2.45, 2.75) is 57.0 Å². The zero-order chi connectivity index (χ0) is 14.0. The Kier molecular flexibility index (Phi) is 4.02. The van der Waals surface area contributed by atoms with Gasteiger partial charge in [-0.15, -0.1) is 0 Å². The summed E-state index contributed by atoms with van der Waals surface area (Å²) in [6, 6.07) is 8.35. The first-order chi connectivity index (χ1) is 9.74. The van der Waals surface area contributed by atoms with E-state index >= 15 is 0 Å². The zero-order valence-electron chi connectivity index (χ0n) is 12.5. The van der Waals surface area contributed by atoms with Gasteiger partial charge in [0, 0.05) is 0 Å². The van der Waals surface area contributed by atoms with Crippen molar-refractivity contribution in [3.8, 4) is 5.75 Å². The number of benzene rings is 1. The molecule has 2 nitrogen and oxygen atoms in total. The van der Waals surface area contributed by atoms with E-state index in [0.29, 0.717) is 11.8 Å². The van der Waals surface area contributed by atoms with Crippen LogP contribution in [-0.2, 0) is 6.42 Å². The molecule has 2 heteroatoms. The Morgan fingerprint density at radius 1 is 1.15 bits per heavy atom. The van der Waals surface area contributed by atoms with Gasteiger partial charge in [0.25, 0.3) is 0 Å². The van der Waals surface area contributed by atoms with Crippen molar-refractivity contribution < 1.29 is 9.84 Å². The van der Waals surface area contributed by atoms with Crippen LogP contribution in [0.5, 0.6) is 5.75 Å². The average Bonchev–Trinajstić information content (AvgIpc) is 3.00. The van der Waals surface area contributed by atoms with E-state index in [0.717, 1.165) is 25.0 Å². The predicted octanol–water partition coefficient (Wildman–Crippen LogP) is 3.96. The van der Waals surface area contributed by atoms with Crippen molar-refractivity contribution in [2.75, 3.05) is 7.11 Å². The van der Waals surface area contributed by atoms with Crippen molar-refractivity contribution in [3.63, 3.8) is 0 Å². The van der Waals surface area contributed by atoms with Crippen LogP contribution in [-0.4, -0.2) is 17.8 Å². The molecule has 1 aromatic rings. The van der Waals surface area contributed by atoms with E-state index in [2.05, 4.69) is 12.1 Å². The van der Waals surface area contributed by atoms with Crippen molar-refractivity contribution in [1.82, 2.24) is 0 Å². The summed E-state index contributed by atoms with van der Waals surface area (Å²) in [4.78, 5) is 0. The van der Waals surface area contributed by atoms with Gasteiger partial charge in [0.15, 0.2) is 0 Å². The molecule has 2 fully saturated rings. The maximum atomic E-state index is 10.8. The van der Waals surface area contributed by atoms with Crippen LogP contribution in [0.15, 0.2) is 24.3 Å². The largest absolute Gasteiger partial charge is 0.497 e. The lowest BCUT2D eigenvalue weighted by Crippen LogP contribution is -2.14. The van der Waals surface area contributed by atoms with Crippen molar-refractivity contribution >= 4 is 0 Å². The van der Waals surface area contributed by atoms with Crippen molar-refractivity contribution in [1.29, 1.82) is 0 Å². The highest BCUT2D eigenvalue weighted by molar-refractivity contribution is 5.27. The summed E-state index contributed by atoms with van der Waals surface area (Å²) in [5, 5.41) is 10.8. The molecule has 0 aliphatic heterocycles. The molecule has 0 saturated heterocycles. The second-order valence-corrected chi connectivity index (χ2v) is 6.54. The Balaban J connectivity index is 1.55. The minimum Gasteiger partial charge on any atom is -0.497 e. The molecule has 110 valence electrons. The van der Waals surface area contributed by atoms with E-state index in [1.165, 1.54) is 37.7 Å². The number of aliphatic hydroxyl groups is 1. The average molecular weight is 274 g/mol. The molecule has 0 spiro atoms. The first-order valence-electron chi connectivity index (χ1n) is 8.09. The first-order valence-corrected chi connectivity index (χ1v) is 8.09. The summed E-state index contributed by atoms with van der Waals surface area (Å²) < 4.78 is 5.19. The van der Waals surface area contributed by atoms with Crippen LogP contribution >= 0.6 is 0 Å². The molecule has 3 unspecified atom stereocenters. The van der Waals surface area contributed by atoms with E-state index in [9.17, 15) is 5.11 Å². The van der Waals surface area contributed by atoms with E-state index in [-0.39, 0.29) is 5.60 Å². The molecule has 2 aliphatic carbocycles. The third kappa shape index (κ3) is 2.71. The van der Waals surface area contributed by atoms with E-state index in [4.69, 9.17) is 4.74 Å². The molecule has 1 N–H and O–H groups in total. The Morgan fingerprint density at radius 3 is 2.65 bits per heavy atom. The number of aryl methyl sites for hydroxylation is 1. The van der Waals surface area contributed by atoms with Crippen LogP contribution in [0.4, 0.5) is 0 Å². The van der Waals surface area contributed by atoms with Gasteiger partial charge < -0.3 is 9.84 Å². The van der Waals surface area contributed by atoms with Crippen molar-refractivity contribution in [3.05, 3.63) is 29.8 Å². The van der Waals surface area contributed by atoms with Crippen molar-refractivity contribution in [2.24, 2.45) is 11.8 Å². The number of hydrogen-bond donors (Lipinski definition) is 1. The fourth-order valence-electron chi connectivity index (χ4n) is 4.10. The highest BCUT2D eigenvalue weighted by Gasteiger charge is 2.61. The highest BCUT2D eigenvalue weighted by atomic mass is 16.5. The van der Waals surface area contributed by atoms with Crippen LogP contribution in [0, 0.1) is 11.8 Å². The topological polar surface area (TPSA) is 29.5 Å². The van der Waals surface area contributed by atoms with Gasteiger partial charge in [0.05, 0.1) is 12.7 Å². The second kappa shape index (κ2) is 5.77. The maximum Gasteiger partial charge on any atom is 0.118 e. The molecule has 0 aromatic heterocycles. The maximum absolute atomic E-state index is 10.8. The summed E-state index contributed by atoms with van der Waals surface area (Å²) in [6.07, 6.45) is 9.67. The van der Waals surface area contributed by atoms with Gasteiger partial charge in [-0.25, -0.2) is 0 Å². The molecular weight excluding hydrogens is 248 g/mol.